The Morgan fingerprint density at radius 2 is 1.70 bits per heavy atom. The Hall–Kier alpha value is -4.13. The number of aromatic amines is 1. The second kappa shape index (κ2) is 14.6. The van der Waals surface area contributed by atoms with Gasteiger partial charge in [-0.3, -0.25) is 23.5 Å². The number of aryl methyl sites for hydroxylation is 2. The number of nitrogens with zero attached hydrogens (tertiary/aromatic N) is 7. The van der Waals surface area contributed by atoms with E-state index in [0.717, 1.165) is 17.5 Å². The highest BCUT2D eigenvalue weighted by atomic mass is 31.3. The molecule has 3 aromatic rings. The summed E-state index contributed by atoms with van der Waals surface area (Å²) in [7, 11) is -11.6. The molecule has 286 valence electrons. The number of anilines is 1. The van der Waals surface area contributed by atoms with E-state index in [2.05, 4.69) is 38.3 Å². The molecule has 1 fully saturated rings. The van der Waals surface area contributed by atoms with Crippen LogP contribution in [0.25, 0.3) is 33.7 Å². The lowest BCUT2D eigenvalue weighted by Crippen LogP contribution is -2.43. The Balaban J connectivity index is 1.07. The van der Waals surface area contributed by atoms with Crippen LogP contribution in [0.4, 0.5) is 5.82 Å². The first-order valence-corrected chi connectivity index (χ1v) is 18.3. The monoisotopic (exact) mass is 783 g/mol. The molecule has 0 radical (unpaired) electrons. The third kappa shape index (κ3) is 7.91. The van der Waals surface area contributed by atoms with Gasteiger partial charge in [-0.05, 0) is 37.1 Å². The molecule has 53 heavy (non-hydrogen) atoms. The number of ether oxygens (including phenoxy) is 1. The number of rotatable bonds is 13. The van der Waals surface area contributed by atoms with Gasteiger partial charge in [0.2, 0.25) is 0 Å². The number of nitrogen functional groups attached to an aromatic ring is 1. The van der Waals surface area contributed by atoms with E-state index in [1.165, 1.54) is 15.5 Å². The van der Waals surface area contributed by atoms with Gasteiger partial charge in [-0.15, -0.1) is 0 Å². The average molecular weight is 784 g/mol. The topological polar surface area (TPSA) is 369 Å². The van der Waals surface area contributed by atoms with Crippen molar-refractivity contribution in [3.63, 3.8) is 0 Å². The summed E-state index contributed by atoms with van der Waals surface area (Å²) in [5.74, 6) is -0.243. The van der Waals surface area contributed by atoms with Crippen LogP contribution >= 0.6 is 15.6 Å². The summed E-state index contributed by atoms with van der Waals surface area (Å²) in [5, 5.41) is 52.9. The molecule has 0 aliphatic carbocycles. The van der Waals surface area contributed by atoms with Gasteiger partial charge in [-0.1, -0.05) is 0 Å². The third-order valence-electron chi connectivity index (χ3n) is 8.38. The fraction of sp³-hybridized carbons (Fsp3) is 0.444. The Morgan fingerprint density at radius 1 is 1.00 bits per heavy atom. The summed E-state index contributed by atoms with van der Waals surface area (Å²) in [6, 6.07) is 3.27. The summed E-state index contributed by atoms with van der Waals surface area (Å²) in [6.45, 7) is 0.570. The Labute approximate surface area is 295 Å². The van der Waals surface area contributed by atoms with E-state index in [0.29, 0.717) is 0 Å². The number of hydrogen-bond donors (Lipinski definition) is 7. The number of H-pyrrole nitrogens is 1. The lowest BCUT2D eigenvalue weighted by Gasteiger charge is -2.32. The molecule has 6 rings (SSSR count). The van der Waals surface area contributed by atoms with E-state index in [4.69, 9.17) is 10.5 Å². The van der Waals surface area contributed by atoms with Crippen molar-refractivity contribution >= 4 is 43.7 Å². The SMILES string of the molecule is Cc1cc2nc3c(=O)[nH]c(=O)nc-3n(C[C@H](O)[C@H](O)[C@H](O)COP(=O)([O-])OP(=O)([O-])OC[C@H]3O[C@@H](n4cnc5c(N)ncnc54)C(O)C3O)c2cc1C. The first-order chi connectivity index (χ1) is 24.9. The van der Waals surface area contributed by atoms with Crippen molar-refractivity contribution < 1.29 is 62.5 Å². The normalized spacial score (nSPS) is 23.3. The van der Waals surface area contributed by atoms with Gasteiger partial charge < -0.3 is 59.4 Å². The first-order valence-electron chi connectivity index (χ1n) is 15.4. The second-order valence-corrected chi connectivity index (χ2v) is 15.0. The minimum atomic E-state index is -5.85. The van der Waals surface area contributed by atoms with Gasteiger partial charge in [0.1, 0.15) is 48.5 Å². The van der Waals surface area contributed by atoms with Gasteiger partial charge in [0, 0.05) is 0 Å². The lowest BCUT2D eigenvalue weighted by molar-refractivity contribution is -0.247. The molecule has 0 amide bonds. The van der Waals surface area contributed by atoms with Crippen LogP contribution < -0.4 is 26.8 Å². The van der Waals surface area contributed by atoms with Crippen LogP contribution in [0, 0.1) is 13.8 Å². The zero-order valence-corrected chi connectivity index (χ0v) is 29.2. The molecule has 5 heterocycles. The maximum atomic E-state index is 12.5. The number of fused-ring (bicyclic) bond motifs is 3. The van der Waals surface area contributed by atoms with Crippen LogP contribution in [-0.2, 0) is 33.8 Å². The maximum absolute atomic E-state index is 12.5. The summed E-state index contributed by atoms with van der Waals surface area (Å²) in [5.41, 5.74) is 5.97. The molecule has 0 bridgehead atoms. The highest BCUT2D eigenvalue weighted by Crippen LogP contribution is 2.56. The average Bonchev–Trinajstić information content (AvgIpc) is 3.63. The molecule has 24 nitrogen and oxygen atoms in total. The smallest absolute Gasteiger partial charge is 0.349 e. The number of imidazole rings is 1. The predicted octanol–water partition coefficient (Wildman–Crippen LogP) is -3.69. The number of aliphatic hydroxyl groups is 5. The van der Waals surface area contributed by atoms with Crippen LogP contribution in [0.1, 0.15) is 17.4 Å². The minimum absolute atomic E-state index is 0.0151. The van der Waals surface area contributed by atoms with Crippen LogP contribution in [-0.4, -0.2) is 114 Å². The molecule has 2 aromatic heterocycles. The van der Waals surface area contributed by atoms with Crippen molar-refractivity contribution in [1.82, 2.24) is 39.0 Å². The van der Waals surface area contributed by atoms with Crippen LogP contribution in [0.5, 0.6) is 0 Å². The van der Waals surface area contributed by atoms with Gasteiger partial charge in [0.05, 0.1) is 37.1 Å². The number of nitrogens with one attached hydrogen (secondary N) is 1. The number of phosphoric acid groups is 2. The predicted molar refractivity (Wildman–Crippen MR) is 172 cm³/mol. The van der Waals surface area contributed by atoms with Crippen molar-refractivity contribution in [3.05, 3.63) is 56.8 Å². The molecule has 1 aromatic carbocycles. The van der Waals surface area contributed by atoms with Crippen molar-refractivity contribution in [1.29, 1.82) is 0 Å². The van der Waals surface area contributed by atoms with E-state index in [1.807, 2.05) is 4.98 Å². The van der Waals surface area contributed by atoms with Gasteiger partial charge in [0.25, 0.3) is 21.2 Å². The Morgan fingerprint density at radius 3 is 2.43 bits per heavy atom. The number of aromatic nitrogens is 8. The third-order valence-corrected chi connectivity index (χ3v) is 10.9. The van der Waals surface area contributed by atoms with Crippen LogP contribution in [0.15, 0.2) is 34.4 Å². The molecule has 0 spiro atoms. The summed E-state index contributed by atoms with van der Waals surface area (Å²) >= 11 is 0. The number of aliphatic hydroxyl groups excluding tert-OH is 5. The number of nitrogens with two attached hydrogens (primary N) is 1. The van der Waals surface area contributed by atoms with E-state index >= 15 is 0 Å². The highest BCUT2D eigenvalue weighted by Gasteiger charge is 2.45. The second-order valence-electron chi connectivity index (χ2n) is 12.0. The van der Waals surface area contributed by atoms with Crippen molar-refractivity contribution in [2.75, 3.05) is 18.9 Å². The molecule has 0 saturated carbocycles. The van der Waals surface area contributed by atoms with Crippen LogP contribution in [0.2, 0.25) is 0 Å². The molecule has 1 saturated heterocycles. The zero-order chi connectivity index (χ0) is 38.6. The molecular formula is C27H31N9O15P2-2. The van der Waals surface area contributed by atoms with E-state index < -0.39 is 89.5 Å². The Kier molecular flexibility index (Phi) is 10.6. The largest absolute Gasteiger partial charge is 0.756 e. The van der Waals surface area contributed by atoms with Gasteiger partial charge in [-0.2, -0.15) is 4.98 Å². The maximum Gasteiger partial charge on any atom is 0.349 e. The minimum Gasteiger partial charge on any atom is -0.756 e. The fourth-order valence-electron chi connectivity index (χ4n) is 5.54. The van der Waals surface area contributed by atoms with Crippen LogP contribution in [0.3, 0.4) is 0 Å². The molecule has 8 N–H and O–H groups in total. The summed E-state index contributed by atoms with van der Waals surface area (Å²) in [4.78, 5) is 71.1. The lowest BCUT2D eigenvalue weighted by atomic mass is 10.1. The first kappa shape index (κ1) is 38.6. The summed E-state index contributed by atoms with van der Waals surface area (Å²) in [6.07, 6.45) is -10.3. The standard InChI is InChI=1S/C27H33N9O15P2/c1-10-3-12-13(4-11(10)2)35(24-18(32-12)25(42)34-27(43)33-24)5-14(37)19(39)15(38)6-48-52(44,45)51-53(46,47)49-7-16-20(40)21(41)26(50-16)36-9-31-17-22(28)29-8-30-23(17)36/h3-4,8-9,14-16,19-21,26,37-41H,5-7H2,1-2H3,(H,44,45)(H,46,47)(H2,28,29,30)(H,34,42,43)/p-2/t14-,15+,16+,19-,20?,21?,26+/m0/s1. The molecule has 3 aliphatic rings. The summed E-state index contributed by atoms with van der Waals surface area (Å²) < 4.78 is 45.7. The quantitative estimate of drug-likeness (QED) is 0.0446. The van der Waals surface area contributed by atoms with E-state index in [-0.39, 0.29) is 39.5 Å². The van der Waals surface area contributed by atoms with Crippen molar-refractivity contribution in [3.8, 4) is 11.5 Å². The number of benzene rings is 1. The fourth-order valence-corrected chi connectivity index (χ4v) is 7.56. The molecule has 3 aliphatic heterocycles. The number of hydrogen-bond acceptors (Lipinski definition) is 21. The van der Waals surface area contributed by atoms with Gasteiger partial charge in [0.15, 0.2) is 29.2 Å². The molecular weight excluding hydrogens is 752 g/mol. The van der Waals surface area contributed by atoms with E-state index in [1.54, 1.807) is 26.0 Å². The van der Waals surface area contributed by atoms with Gasteiger partial charge >= 0.3 is 5.69 Å². The molecule has 26 heteroatoms. The van der Waals surface area contributed by atoms with Gasteiger partial charge in [-0.25, -0.2) is 29.0 Å². The molecule has 4 unspecified atom stereocenters. The zero-order valence-electron chi connectivity index (χ0n) is 27.4. The van der Waals surface area contributed by atoms with Crippen molar-refractivity contribution in [2.24, 2.45) is 0 Å². The van der Waals surface area contributed by atoms with E-state index in [9.17, 15) is 54.0 Å². The highest BCUT2D eigenvalue weighted by molar-refractivity contribution is 7.59. The number of phosphoric ester groups is 2. The molecule has 9 atom stereocenters. The van der Waals surface area contributed by atoms with Crippen molar-refractivity contribution in [2.45, 2.75) is 63.2 Å². The Bertz CT molecular complexity index is 2350.